The Hall–Kier alpha value is -0.740. The Morgan fingerprint density at radius 3 is 2.94 bits per heavy atom. The van der Waals surface area contributed by atoms with Gasteiger partial charge in [-0.3, -0.25) is 0 Å². The molecule has 1 atom stereocenters. The predicted octanol–water partition coefficient (Wildman–Crippen LogP) is 2.21. The van der Waals surface area contributed by atoms with Crippen molar-refractivity contribution < 1.29 is 4.74 Å². The van der Waals surface area contributed by atoms with E-state index in [9.17, 15) is 0 Å². The van der Waals surface area contributed by atoms with Crippen molar-refractivity contribution in [3.05, 3.63) is 22.7 Å². The normalized spacial score (nSPS) is 19.6. The van der Waals surface area contributed by atoms with E-state index in [-0.39, 0.29) is 6.10 Å². The summed E-state index contributed by atoms with van der Waals surface area (Å²) in [6.07, 6.45) is 0.244. The molecule has 0 amide bonds. The quantitative estimate of drug-likeness (QED) is 0.828. The van der Waals surface area contributed by atoms with Gasteiger partial charge in [0.2, 0.25) is 0 Å². The summed E-state index contributed by atoms with van der Waals surface area (Å²) in [7, 11) is 6.25. The van der Waals surface area contributed by atoms with Crippen LogP contribution in [-0.2, 0) is 0 Å². The number of ether oxygens (including phenoxy) is 1. The molecule has 0 saturated heterocycles. The lowest BCUT2D eigenvalue weighted by atomic mass is 10.2. The summed E-state index contributed by atoms with van der Waals surface area (Å²) in [6.45, 7) is 1.88. The minimum Gasteiger partial charge on any atom is -0.485 e. The highest BCUT2D eigenvalue weighted by Crippen LogP contribution is 2.34. The Balaban J connectivity index is 2.20. The molecule has 0 aromatic heterocycles. The zero-order valence-corrected chi connectivity index (χ0v) is 11.5. The van der Waals surface area contributed by atoms with E-state index in [1.807, 2.05) is 12.1 Å². The summed E-state index contributed by atoms with van der Waals surface area (Å²) in [5.74, 6) is 0.976. The average Bonchev–Trinajstić information content (AvgIpc) is 2.18. The van der Waals surface area contributed by atoms with Crippen molar-refractivity contribution in [1.29, 1.82) is 0 Å². The molecule has 16 heavy (non-hydrogen) atoms. The van der Waals surface area contributed by atoms with Crippen molar-refractivity contribution in [2.24, 2.45) is 0 Å². The summed E-state index contributed by atoms with van der Waals surface area (Å²) in [5.41, 5.74) is 1.16. The van der Waals surface area contributed by atoms with E-state index in [4.69, 9.17) is 4.74 Å². The fourth-order valence-electron chi connectivity index (χ4n) is 2.01. The second kappa shape index (κ2) is 4.63. The summed E-state index contributed by atoms with van der Waals surface area (Å²) in [5, 5.41) is 0. The SMILES string of the molecule is CN(C)CC1CN(C)c2cc(Br)ccc2O1. The number of fused-ring (bicyclic) bond motifs is 1. The molecule has 1 aromatic carbocycles. The predicted molar refractivity (Wildman–Crippen MR) is 70.4 cm³/mol. The maximum atomic E-state index is 5.96. The highest BCUT2D eigenvalue weighted by Gasteiger charge is 2.23. The van der Waals surface area contributed by atoms with Crippen LogP contribution < -0.4 is 9.64 Å². The third-order valence-electron chi connectivity index (χ3n) is 2.67. The molecule has 0 spiro atoms. The van der Waals surface area contributed by atoms with Crippen LogP contribution in [0.2, 0.25) is 0 Å². The zero-order valence-electron chi connectivity index (χ0n) is 9.90. The summed E-state index contributed by atoms with van der Waals surface area (Å²) < 4.78 is 7.05. The molecule has 0 aliphatic carbocycles. The molecular formula is C12H17BrN2O. The molecule has 0 fully saturated rings. The number of nitrogens with zero attached hydrogens (tertiary/aromatic N) is 2. The molecule has 1 aliphatic rings. The van der Waals surface area contributed by atoms with Gasteiger partial charge in [-0.05, 0) is 32.3 Å². The number of hydrogen-bond acceptors (Lipinski definition) is 3. The van der Waals surface area contributed by atoms with Crippen molar-refractivity contribution in [3.63, 3.8) is 0 Å². The standard InChI is InChI=1S/C12H17BrN2O/c1-14(2)7-10-8-15(3)11-6-9(13)4-5-12(11)16-10/h4-6,10H,7-8H2,1-3H3. The number of halogens is 1. The van der Waals surface area contributed by atoms with Crippen molar-refractivity contribution in [1.82, 2.24) is 4.90 Å². The summed E-state index contributed by atoms with van der Waals surface area (Å²) >= 11 is 3.48. The Morgan fingerprint density at radius 1 is 1.50 bits per heavy atom. The van der Waals surface area contributed by atoms with E-state index in [2.05, 4.69) is 52.9 Å². The first-order valence-corrected chi connectivity index (χ1v) is 6.17. The van der Waals surface area contributed by atoms with Gasteiger partial charge in [-0.15, -0.1) is 0 Å². The molecule has 1 unspecified atom stereocenters. The molecule has 0 saturated carbocycles. The van der Waals surface area contributed by atoms with Crippen molar-refractivity contribution in [3.8, 4) is 5.75 Å². The lowest BCUT2D eigenvalue weighted by molar-refractivity contribution is 0.156. The molecular weight excluding hydrogens is 268 g/mol. The molecule has 0 N–H and O–H groups in total. The van der Waals surface area contributed by atoms with Gasteiger partial charge in [0, 0.05) is 18.1 Å². The molecule has 0 radical (unpaired) electrons. The molecule has 2 rings (SSSR count). The van der Waals surface area contributed by atoms with E-state index in [1.165, 1.54) is 0 Å². The largest absolute Gasteiger partial charge is 0.485 e. The number of likely N-dealkylation sites (N-methyl/N-ethyl adjacent to an activating group) is 2. The molecule has 88 valence electrons. The first-order chi connectivity index (χ1) is 7.56. The Kier molecular flexibility index (Phi) is 3.40. The summed E-state index contributed by atoms with van der Waals surface area (Å²) in [4.78, 5) is 4.40. The van der Waals surface area contributed by atoms with Crippen LogP contribution >= 0.6 is 15.9 Å². The van der Waals surface area contributed by atoms with E-state index in [0.717, 1.165) is 29.0 Å². The van der Waals surface area contributed by atoms with Gasteiger partial charge in [0.05, 0.1) is 12.2 Å². The van der Waals surface area contributed by atoms with Gasteiger partial charge < -0.3 is 14.5 Å². The van der Waals surface area contributed by atoms with Crippen LogP contribution in [0.25, 0.3) is 0 Å². The number of benzene rings is 1. The smallest absolute Gasteiger partial charge is 0.143 e. The molecule has 1 heterocycles. The lowest BCUT2D eigenvalue weighted by Crippen LogP contribution is -2.43. The highest BCUT2D eigenvalue weighted by atomic mass is 79.9. The van der Waals surface area contributed by atoms with Crippen LogP contribution in [0.4, 0.5) is 5.69 Å². The second-order valence-electron chi connectivity index (χ2n) is 4.49. The van der Waals surface area contributed by atoms with E-state index in [1.54, 1.807) is 0 Å². The van der Waals surface area contributed by atoms with Gasteiger partial charge in [-0.25, -0.2) is 0 Å². The third-order valence-corrected chi connectivity index (χ3v) is 3.17. The van der Waals surface area contributed by atoms with Crippen LogP contribution in [0.5, 0.6) is 5.75 Å². The van der Waals surface area contributed by atoms with Crippen LogP contribution in [0, 0.1) is 0 Å². The van der Waals surface area contributed by atoms with Crippen molar-refractivity contribution >= 4 is 21.6 Å². The molecule has 1 aliphatic heterocycles. The van der Waals surface area contributed by atoms with Gasteiger partial charge >= 0.3 is 0 Å². The summed E-state index contributed by atoms with van der Waals surface area (Å²) in [6, 6.07) is 6.14. The zero-order chi connectivity index (χ0) is 11.7. The van der Waals surface area contributed by atoms with Gasteiger partial charge in [-0.2, -0.15) is 0 Å². The van der Waals surface area contributed by atoms with Crippen LogP contribution in [-0.4, -0.2) is 45.2 Å². The number of hydrogen-bond donors (Lipinski definition) is 0. The van der Waals surface area contributed by atoms with Gasteiger partial charge in [-0.1, -0.05) is 15.9 Å². The number of anilines is 1. The van der Waals surface area contributed by atoms with Gasteiger partial charge in [0.15, 0.2) is 0 Å². The number of rotatable bonds is 2. The first-order valence-electron chi connectivity index (χ1n) is 5.38. The minimum absolute atomic E-state index is 0.244. The second-order valence-corrected chi connectivity index (χ2v) is 5.41. The van der Waals surface area contributed by atoms with Crippen molar-refractivity contribution in [2.75, 3.05) is 39.1 Å². The van der Waals surface area contributed by atoms with Crippen LogP contribution in [0.15, 0.2) is 22.7 Å². The van der Waals surface area contributed by atoms with Gasteiger partial charge in [0.1, 0.15) is 11.9 Å². The monoisotopic (exact) mass is 284 g/mol. The fraction of sp³-hybridized carbons (Fsp3) is 0.500. The van der Waals surface area contributed by atoms with E-state index >= 15 is 0 Å². The highest BCUT2D eigenvalue weighted by molar-refractivity contribution is 9.10. The van der Waals surface area contributed by atoms with Crippen LogP contribution in [0.1, 0.15) is 0 Å². The maximum absolute atomic E-state index is 5.96. The minimum atomic E-state index is 0.244. The van der Waals surface area contributed by atoms with E-state index < -0.39 is 0 Å². The maximum Gasteiger partial charge on any atom is 0.143 e. The average molecular weight is 285 g/mol. The Morgan fingerprint density at radius 2 is 2.25 bits per heavy atom. The first kappa shape index (κ1) is 11.7. The Labute approximate surface area is 105 Å². The van der Waals surface area contributed by atoms with Crippen LogP contribution in [0.3, 0.4) is 0 Å². The lowest BCUT2D eigenvalue weighted by Gasteiger charge is -2.35. The van der Waals surface area contributed by atoms with Crippen molar-refractivity contribution in [2.45, 2.75) is 6.10 Å². The Bertz CT molecular complexity index is 381. The fourth-order valence-corrected chi connectivity index (χ4v) is 2.36. The molecule has 1 aromatic rings. The topological polar surface area (TPSA) is 15.7 Å². The van der Waals surface area contributed by atoms with Gasteiger partial charge in [0.25, 0.3) is 0 Å². The molecule has 0 bridgehead atoms. The molecule has 4 heteroatoms. The molecule has 3 nitrogen and oxygen atoms in total. The van der Waals surface area contributed by atoms with E-state index in [0.29, 0.717) is 0 Å². The third kappa shape index (κ3) is 2.50.